The number of carbonyl (C=O) groups excluding carboxylic acids is 1. The number of rotatable bonds is 6. The van der Waals surface area contributed by atoms with Gasteiger partial charge in [-0.25, -0.2) is 24.4 Å². The molecule has 8 nitrogen and oxygen atoms in total. The minimum Gasteiger partial charge on any atom is -0.354 e. The van der Waals surface area contributed by atoms with E-state index in [-0.39, 0.29) is 22.9 Å². The number of carbonyl (C=O) groups is 1. The number of benzene rings is 1. The molecular formula is C17H21N5O3S. The predicted molar refractivity (Wildman–Crippen MR) is 96.2 cm³/mol. The largest absolute Gasteiger partial charge is 0.354 e. The third-order valence-corrected chi connectivity index (χ3v) is 5.16. The Labute approximate surface area is 152 Å². The summed E-state index contributed by atoms with van der Waals surface area (Å²) < 4.78 is 22.5. The molecule has 9 heteroatoms. The molecule has 26 heavy (non-hydrogen) atoms. The molecule has 1 fully saturated rings. The monoisotopic (exact) mass is 375 g/mol. The molecule has 1 amide bonds. The molecule has 0 saturated carbocycles. The molecule has 1 saturated heterocycles. The van der Waals surface area contributed by atoms with Crippen molar-refractivity contribution in [2.24, 2.45) is 5.14 Å². The quantitative estimate of drug-likeness (QED) is 0.563. The van der Waals surface area contributed by atoms with E-state index in [1.165, 1.54) is 12.1 Å². The van der Waals surface area contributed by atoms with E-state index in [9.17, 15) is 13.2 Å². The second kappa shape index (κ2) is 7.92. The van der Waals surface area contributed by atoms with Crippen LogP contribution in [0.5, 0.6) is 0 Å². The highest BCUT2D eigenvalue weighted by Crippen LogP contribution is 2.20. The van der Waals surface area contributed by atoms with Crippen LogP contribution < -0.4 is 21.3 Å². The minimum atomic E-state index is -3.68. The molecule has 5 N–H and O–H groups in total. The van der Waals surface area contributed by atoms with E-state index >= 15 is 0 Å². The summed E-state index contributed by atoms with van der Waals surface area (Å²) in [4.78, 5) is 16.6. The van der Waals surface area contributed by atoms with Gasteiger partial charge in [0.1, 0.15) is 6.04 Å². The second-order valence-corrected chi connectivity index (χ2v) is 7.68. The van der Waals surface area contributed by atoms with Crippen molar-refractivity contribution < 1.29 is 13.2 Å². The molecule has 2 unspecified atom stereocenters. The van der Waals surface area contributed by atoms with Crippen LogP contribution in [0.25, 0.3) is 0 Å². The first-order chi connectivity index (χ1) is 12.4. The van der Waals surface area contributed by atoms with Gasteiger partial charge >= 0.3 is 0 Å². The average Bonchev–Trinajstić information content (AvgIpc) is 3.12. The first kappa shape index (κ1) is 18.5. The highest BCUT2D eigenvalue weighted by Gasteiger charge is 2.30. The van der Waals surface area contributed by atoms with Gasteiger partial charge in [-0.05, 0) is 42.7 Å². The van der Waals surface area contributed by atoms with Crippen molar-refractivity contribution >= 4 is 15.9 Å². The van der Waals surface area contributed by atoms with Crippen LogP contribution in [-0.2, 0) is 21.2 Å². The minimum absolute atomic E-state index is 0.00212. The Bertz CT molecular complexity index is 856. The van der Waals surface area contributed by atoms with Crippen molar-refractivity contribution in [1.82, 2.24) is 21.2 Å². The molecule has 0 aliphatic carbocycles. The lowest BCUT2D eigenvalue weighted by atomic mass is 10.1. The smallest absolute Gasteiger partial charge is 0.238 e. The van der Waals surface area contributed by atoms with Gasteiger partial charge in [-0.3, -0.25) is 9.78 Å². The van der Waals surface area contributed by atoms with Gasteiger partial charge < -0.3 is 5.32 Å². The second-order valence-electron chi connectivity index (χ2n) is 6.11. The number of nitrogens with one attached hydrogen (secondary N) is 3. The number of aromatic nitrogens is 1. The van der Waals surface area contributed by atoms with Crippen LogP contribution >= 0.6 is 0 Å². The number of pyridine rings is 1. The summed E-state index contributed by atoms with van der Waals surface area (Å²) >= 11 is 0. The molecule has 3 rings (SSSR count). The summed E-state index contributed by atoms with van der Waals surface area (Å²) in [6.45, 7) is 0.458. The maximum Gasteiger partial charge on any atom is 0.238 e. The Morgan fingerprint density at radius 2 is 1.96 bits per heavy atom. The van der Waals surface area contributed by atoms with Crippen molar-refractivity contribution in [2.75, 3.05) is 6.54 Å². The standard InChI is InChI=1S/C17H21N5O3S/c18-26(24,25)13-6-4-12(5-7-13)8-10-20-17(23)16-11-15(21-22-16)14-3-1-2-9-19-14/h1-7,9,15-16,21-22H,8,10-11H2,(H,20,23)(H2,18,24,25). The van der Waals surface area contributed by atoms with Crippen LogP contribution in [0.1, 0.15) is 23.7 Å². The van der Waals surface area contributed by atoms with Gasteiger partial charge in [0.05, 0.1) is 16.6 Å². The van der Waals surface area contributed by atoms with Gasteiger partial charge in [0.15, 0.2) is 0 Å². The summed E-state index contributed by atoms with van der Waals surface area (Å²) in [6.07, 6.45) is 2.94. The van der Waals surface area contributed by atoms with Crippen molar-refractivity contribution in [3.05, 3.63) is 59.9 Å². The van der Waals surface area contributed by atoms with Gasteiger partial charge in [0.25, 0.3) is 0 Å². The van der Waals surface area contributed by atoms with Gasteiger partial charge in [0.2, 0.25) is 15.9 Å². The molecule has 2 aromatic rings. The summed E-state index contributed by atoms with van der Waals surface area (Å²) in [6, 6.07) is 11.7. The van der Waals surface area contributed by atoms with Crippen LogP contribution in [-0.4, -0.2) is 31.9 Å². The number of nitrogens with two attached hydrogens (primary N) is 1. The average molecular weight is 375 g/mol. The van der Waals surface area contributed by atoms with Crippen LogP contribution in [0.3, 0.4) is 0 Å². The Balaban J connectivity index is 1.46. The number of primary sulfonamides is 1. The molecule has 1 aromatic heterocycles. The Morgan fingerprint density at radius 3 is 2.62 bits per heavy atom. The molecule has 0 spiro atoms. The zero-order valence-corrected chi connectivity index (χ0v) is 14.9. The fourth-order valence-corrected chi connectivity index (χ4v) is 3.32. The maximum absolute atomic E-state index is 12.3. The normalized spacial score (nSPS) is 20.0. The number of sulfonamides is 1. The lowest BCUT2D eigenvalue weighted by Crippen LogP contribution is -2.43. The third-order valence-electron chi connectivity index (χ3n) is 4.23. The van der Waals surface area contributed by atoms with E-state index in [1.807, 2.05) is 18.2 Å². The zero-order chi connectivity index (χ0) is 18.6. The number of hydrogen-bond acceptors (Lipinski definition) is 6. The van der Waals surface area contributed by atoms with Crippen LogP contribution in [0.2, 0.25) is 0 Å². The van der Waals surface area contributed by atoms with Crippen molar-refractivity contribution in [3.8, 4) is 0 Å². The Kier molecular flexibility index (Phi) is 5.62. The van der Waals surface area contributed by atoms with Crippen molar-refractivity contribution in [1.29, 1.82) is 0 Å². The van der Waals surface area contributed by atoms with E-state index in [0.29, 0.717) is 19.4 Å². The SMILES string of the molecule is NS(=O)(=O)c1ccc(CCNC(=O)C2CC(c3ccccn3)NN2)cc1. The summed E-state index contributed by atoms with van der Waals surface area (Å²) in [5, 5.41) is 7.95. The summed E-state index contributed by atoms with van der Waals surface area (Å²) in [5.41, 5.74) is 7.90. The molecule has 2 atom stereocenters. The molecule has 0 bridgehead atoms. The van der Waals surface area contributed by atoms with E-state index in [2.05, 4.69) is 21.2 Å². The first-order valence-corrected chi connectivity index (χ1v) is 9.79. The third kappa shape index (κ3) is 4.64. The van der Waals surface area contributed by atoms with E-state index in [1.54, 1.807) is 18.3 Å². The summed E-state index contributed by atoms with van der Waals surface area (Å²) in [7, 11) is -3.68. The molecule has 2 heterocycles. The number of hydrazine groups is 1. The van der Waals surface area contributed by atoms with E-state index in [4.69, 9.17) is 5.14 Å². The molecule has 1 aliphatic heterocycles. The summed E-state index contributed by atoms with van der Waals surface area (Å²) in [5.74, 6) is -0.0860. The van der Waals surface area contributed by atoms with Crippen LogP contribution in [0, 0.1) is 0 Å². The lowest BCUT2D eigenvalue weighted by molar-refractivity contribution is -0.122. The highest BCUT2D eigenvalue weighted by molar-refractivity contribution is 7.89. The van der Waals surface area contributed by atoms with E-state index < -0.39 is 10.0 Å². The molecule has 1 aromatic carbocycles. The van der Waals surface area contributed by atoms with Gasteiger partial charge in [-0.15, -0.1) is 0 Å². The fourth-order valence-electron chi connectivity index (χ4n) is 2.80. The van der Waals surface area contributed by atoms with Crippen LogP contribution in [0.15, 0.2) is 53.6 Å². The Hall–Kier alpha value is -2.33. The molecule has 0 radical (unpaired) electrons. The van der Waals surface area contributed by atoms with Crippen molar-refractivity contribution in [2.45, 2.75) is 29.8 Å². The molecular weight excluding hydrogens is 354 g/mol. The zero-order valence-electron chi connectivity index (χ0n) is 14.1. The van der Waals surface area contributed by atoms with Gasteiger partial charge in [-0.2, -0.15) is 0 Å². The first-order valence-electron chi connectivity index (χ1n) is 8.25. The van der Waals surface area contributed by atoms with Gasteiger partial charge in [0, 0.05) is 12.7 Å². The maximum atomic E-state index is 12.3. The number of amides is 1. The molecule has 138 valence electrons. The van der Waals surface area contributed by atoms with Gasteiger partial charge in [-0.1, -0.05) is 18.2 Å². The number of nitrogens with zero attached hydrogens (tertiary/aromatic N) is 1. The molecule has 1 aliphatic rings. The highest BCUT2D eigenvalue weighted by atomic mass is 32.2. The number of hydrogen-bond donors (Lipinski definition) is 4. The van der Waals surface area contributed by atoms with E-state index in [0.717, 1.165) is 11.3 Å². The van der Waals surface area contributed by atoms with Crippen molar-refractivity contribution in [3.63, 3.8) is 0 Å². The lowest BCUT2D eigenvalue weighted by Gasteiger charge is -2.10. The predicted octanol–water partition coefficient (Wildman–Crippen LogP) is -0.00450. The fraction of sp³-hybridized carbons (Fsp3) is 0.294. The van der Waals surface area contributed by atoms with Crippen LogP contribution in [0.4, 0.5) is 0 Å². The topological polar surface area (TPSA) is 126 Å². The Morgan fingerprint density at radius 1 is 1.19 bits per heavy atom.